The van der Waals surface area contributed by atoms with Gasteiger partial charge < -0.3 is 10.6 Å². The van der Waals surface area contributed by atoms with Crippen LogP contribution in [-0.4, -0.2) is 23.4 Å². The second-order valence-corrected chi connectivity index (χ2v) is 5.65. The summed E-state index contributed by atoms with van der Waals surface area (Å²) in [6.07, 6.45) is 1.76. The van der Waals surface area contributed by atoms with Crippen LogP contribution in [0.5, 0.6) is 0 Å². The molecule has 1 amide bonds. The first-order valence-corrected chi connectivity index (χ1v) is 7.86. The van der Waals surface area contributed by atoms with Crippen molar-refractivity contribution in [3.05, 3.63) is 70.3 Å². The Morgan fingerprint density at radius 1 is 1.17 bits per heavy atom. The second-order valence-electron chi connectivity index (χ2n) is 5.65. The summed E-state index contributed by atoms with van der Waals surface area (Å²) in [5, 5.41) is 16.5. The van der Waals surface area contributed by atoms with Gasteiger partial charge in [0.2, 0.25) is 5.91 Å². The van der Waals surface area contributed by atoms with Crippen molar-refractivity contribution in [2.24, 2.45) is 0 Å². The molecular formula is C18H21N3O3. The van der Waals surface area contributed by atoms with E-state index in [0.717, 1.165) is 12.8 Å². The quantitative estimate of drug-likeness (QED) is 0.576. The van der Waals surface area contributed by atoms with Crippen molar-refractivity contribution in [3.8, 4) is 0 Å². The first-order chi connectivity index (χ1) is 11.5. The Kier molecular flexibility index (Phi) is 6.31. The summed E-state index contributed by atoms with van der Waals surface area (Å²) in [6, 6.07) is 16.3. The molecule has 0 fully saturated rings. The van der Waals surface area contributed by atoms with Crippen molar-refractivity contribution in [1.29, 1.82) is 0 Å². The van der Waals surface area contributed by atoms with Crippen LogP contribution >= 0.6 is 0 Å². The highest BCUT2D eigenvalue weighted by Gasteiger charge is 2.09. The maximum absolute atomic E-state index is 11.9. The lowest BCUT2D eigenvalue weighted by Gasteiger charge is -2.14. The molecule has 6 heteroatoms. The molecule has 0 aliphatic rings. The molecule has 2 rings (SSSR count). The Balaban J connectivity index is 1.74. The van der Waals surface area contributed by atoms with E-state index in [9.17, 15) is 14.9 Å². The van der Waals surface area contributed by atoms with Crippen molar-refractivity contribution in [3.63, 3.8) is 0 Å². The molecule has 0 aliphatic heterocycles. The Morgan fingerprint density at radius 2 is 1.92 bits per heavy atom. The number of nitrogens with zero attached hydrogens (tertiary/aromatic N) is 1. The maximum Gasteiger partial charge on any atom is 0.271 e. The van der Waals surface area contributed by atoms with Crippen LogP contribution in [0.15, 0.2) is 54.6 Å². The van der Waals surface area contributed by atoms with E-state index in [2.05, 4.69) is 22.8 Å². The Hall–Kier alpha value is -2.89. The molecule has 1 atom stereocenters. The highest BCUT2D eigenvalue weighted by atomic mass is 16.6. The number of rotatable bonds is 8. The van der Waals surface area contributed by atoms with E-state index < -0.39 is 4.92 Å². The number of hydrogen-bond acceptors (Lipinski definition) is 4. The Bertz CT molecular complexity index is 689. The smallest absolute Gasteiger partial charge is 0.271 e. The third-order valence-corrected chi connectivity index (χ3v) is 3.63. The molecule has 0 spiro atoms. The van der Waals surface area contributed by atoms with Crippen molar-refractivity contribution >= 4 is 17.3 Å². The topological polar surface area (TPSA) is 84.3 Å². The Morgan fingerprint density at radius 3 is 2.62 bits per heavy atom. The zero-order valence-corrected chi connectivity index (χ0v) is 13.6. The van der Waals surface area contributed by atoms with Gasteiger partial charge in [-0.05, 0) is 31.4 Å². The van der Waals surface area contributed by atoms with Crippen LogP contribution < -0.4 is 10.6 Å². The molecule has 0 heterocycles. The van der Waals surface area contributed by atoms with Crippen molar-refractivity contribution in [1.82, 2.24) is 5.32 Å². The van der Waals surface area contributed by atoms with Gasteiger partial charge in [0.05, 0.1) is 11.5 Å². The SMILES string of the molecule is C[C@H](CCc1ccccc1)NC(=O)CNc1cccc([N+](=O)[O-])c1. The summed E-state index contributed by atoms with van der Waals surface area (Å²) >= 11 is 0. The zero-order chi connectivity index (χ0) is 17.4. The van der Waals surface area contributed by atoms with Gasteiger partial charge in [-0.2, -0.15) is 0 Å². The van der Waals surface area contributed by atoms with Crippen LogP contribution in [0, 0.1) is 10.1 Å². The number of nitrogens with one attached hydrogen (secondary N) is 2. The van der Waals surface area contributed by atoms with E-state index in [4.69, 9.17) is 0 Å². The van der Waals surface area contributed by atoms with Crippen LogP contribution in [0.2, 0.25) is 0 Å². The molecule has 0 aliphatic carbocycles. The minimum Gasteiger partial charge on any atom is -0.376 e. The number of amides is 1. The fraction of sp³-hybridized carbons (Fsp3) is 0.278. The second kappa shape index (κ2) is 8.67. The lowest BCUT2D eigenvalue weighted by atomic mass is 10.1. The van der Waals surface area contributed by atoms with Crippen molar-refractivity contribution in [2.45, 2.75) is 25.8 Å². The molecule has 0 saturated heterocycles. The van der Waals surface area contributed by atoms with Gasteiger partial charge in [-0.3, -0.25) is 14.9 Å². The van der Waals surface area contributed by atoms with Gasteiger partial charge in [-0.1, -0.05) is 36.4 Å². The van der Waals surface area contributed by atoms with E-state index in [1.54, 1.807) is 12.1 Å². The van der Waals surface area contributed by atoms with E-state index in [-0.39, 0.29) is 24.2 Å². The minimum atomic E-state index is -0.461. The molecule has 2 N–H and O–H groups in total. The highest BCUT2D eigenvalue weighted by molar-refractivity contribution is 5.81. The van der Waals surface area contributed by atoms with Gasteiger partial charge in [-0.15, -0.1) is 0 Å². The van der Waals surface area contributed by atoms with Gasteiger partial charge in [0.25, 0.3) is 5.69 Å². The van der Waals surface area contributed by atoms with Crippen LogP contribution in [0.1, 0.15) is 18.9 Å². The summed E-state index contributed by atoms with van der Waals surface area (Å²) in [5.41, 5.74) is 1.79. The van der Waals surface area contributed by atoms with E-state index in [1.807, 2.05) is 25.1 Å². The highest BCUT2D eigenvalue weighted by Crippen LogP contribution is 2.16. The number of aryl methyl sites for hydroxylation is 1. The molecular weight excluding hydrogens is 306 g/mol. The summed E-state index contributed by atoms with van der Waals surface area (Å²) in [7, 11) is 0. The number of hydrogen-bond donors (Lipinski definition) is 2. The Labute approximate surface area is 141 Å². The lowest BCUT2D eigenvalue weighted by molar-refractivity contribution is -0.384. The van der Waals surface area contributed by atoms with Crippen LogP contribution in [-0.2, 0) is 11.2 Å². The summed E-state index contributed by atoms with van der Waals surface area (Å²) in [5.74, 6) is -0.137. The zero-order valence-electron chi connectivity index (χ0n) is 13.6. The average Bonchev–Trinajstić information content (AvgIpc) is 2.59. The molecule has 2 aromatic carbocycles. The largest absolute Gasteiger partial charge is 0.376 e. The van der Waals surface area contributed by atoms with E-state index >= 15 is 0 Å². The van der Waals surface area contributed by atoms with Gasteiger partial charge in [0, 0.05) is 23.9 Å². The van der Waals surface area contributed by atoms with Gasteiger partial charge >= 0.3 is 0 Å². The monoisotopic (exact) mass is 327 g/mol. The molecule has 0 radical (unpaired) electrons. The average molecular weight is 327 g/mol. The number of anilines is 1. The van der Waals surface area contributed by atoms with Crippen LogP contribution in [0.4, 0.5) is 11.4 Å². The number of carbonyl (C=O) groups is 1. The predicted molar refractivity (Wildman–Crippen MR) is 94.0 cm³/mol. The van der Waals surface area contributed by atoms with Gasteiger partial charge in [0.15, 0.2) is 0 Å². The number of nitro groups is 1. The van der Waals surface area contributed by atoms with Crippen LogP contribution in [0.3, 0.4) is 0 Å². The first-order valence-electron chi connectivity index (χ1n) is 7.86. The van der Waals surface area contributed by atoms with Crippen LogP contribution in [0.25, 0.3) is 0 Å². The predicted octanol–water partition coefficient (Wildman–Crippen LogP) is 3.14. The first kappa shape index (κ1) is 17.5. The molecule has 24 heavy (non-hydrogen) atoms. The van der Waals surface area contributed by atoms with Gasteiger partial charge in [-0.25, -0.2) is 0 Å². The standard InChI is InChI=1S/C18H21N3O3/c1-14(10-11-15-6-3-2-4-7-15)20-18(22)13-19-16-8-5-9-17(12-16)21(23)24/h2-9,12,14,19H,10-11,13H2,1H3,(H,20,22)/t14-/m1/s1. The summed E-state index contributed by atoms with van der Waals surface area (Å²) in [6.45, 7) is 2.05. The molecule has 126 valence electrons. The number of nitro benzene ring substituents is 1. The molecule has 2 aromatic rings. The molecule has 0 aromatic heterocycles. The summed E-state index contributed by atoms with van der Waals surface area (Å²) in [4.78, 5) is 22.2. The molecule has 0 bridgehead atoms. The fourth-order valence-electron chi connectivity index (χ4n) is 2.34. The van der Waals surface area contributed by atoms with E-state index in [0.29, 0.717) is 5.69 Å². The fourth-order valence-corrected chi connectivity index (χ4v) is 2.34. The normalized spacial score (nSPS) is 11.5. The third-order valence-electron chi connectivity index (χ3n) is 3.63. The number of non-ortho nitro benzene ring substituents is 1. The minimum absolute atomic E-state index is 0.00311. The third kappa shape index (κ3) is 5.72. The summed E-state index contributed by atoms with van der Waals surface area (Å²) < 4.78 is 0. The molecule has 6 nitrogen and oxygen atoms in total. The van der Waals surface area contributed by atoms with E-state index in [1.165, 1.54) is 17.7 Å². The maximum atomic E-state index is 11.9. The number of benzene rings is 2. The van der Waals surface area contributed by atoms with Gasteiger partial charge in [0.1, 0.15) is 0 Å². The lowest BCUT2D eigenvalue weighted by Crippen LogP contribution is -2.36. The van der Waals surface area contributed by atoms with Crippen molar-refractivity contribution < 1.29 is 9.72 Å². The molecule has 0 saturated carbocycles. The molecule has 0 unspecified atom stereocenters. The number of carbonyl (C=O) groups excluding carboxylic acids is 1. The van der Waals surface area contributed by atoms with Crippen molar-refractivity contribution in [2.75, 3.05) is 11.9 Å².